The van der Waals surface area contributed by atoms with Gasteiger partial charge in [-0.3, -0.25) is 4.99 Å². The van der Waals surface area contributed by atoms with Crippen molar-refractivity contribution in [3.63, 3.8) is 0 Å². The molecular weight excluding hydrogens is 449 g/mol. The third-order valence-electron chi connectivity index (χ3n) is 4.24. The average molecular weight is 479 g/mol. The van der Waals surface area contributed by atoms with E-state index in [1.54, 1.807) is 26.8 Å². The lowest BCUT2D eigenvalue weighted by Crippen LogP contribution is -2.32. The van der Waals surface area contributed by atoms with Crippen molar-refractivity contribution in [2.24, 2.45) is 4.99 Å². The molecule has 0 saturated carbocycles. The van der Waals surface area contributed by atoms with Crippen LogP contribution in [-0.4, -0.2) is 38.5 Å². The lowest BCUT2D eigenvalue weighted by atomic mass is 10.0. The highest BCUT2D eigenvalue weighted by molar-refractivity contribution is 6.04. The first-order chi connectivity index (χ1) is 16.0. The zero-order chi connectivity index (χ0) is 25.5. The molecule has 1 aliphatic rings. The number of nitrogens with one attached hydrogen (secondary N) is 2. The first-order valence-corrected chi connectivity index (χ1v) is 10.8. The molecule has 0 fully saturated rings. The second-order valence-electron chi connectivity index (χ2n) is 8.03. The van der Waals surface area contributed by atoms with Gasteiger partial charge in [-0.2, -0.15) is 4.98 Å². The molecule has 3 rings (SSSR count). The van der Waals surface area contributed by atoms with Crippen LogP contribution in [-0.2, 0) is 11.3 Å². The number of rotatable bonds is 5. The molecule has 11 heteroatoms. The molecule has 0 bridgehead atoms. The van der Waals surface area contributed by atoms with E-state index in [4.69, 9.17) is 4.74 Å². The van der Waals surface area contributed by atoms with Crippen LogP contribution in [0, 0.1) is 5.82 Å². The molecule has 0 aliphatic carbocycles. The van der Waals surface area contributed by atoms with E-state index in [0.717, 1.165) is 6.33 Å². The van der Waals surface area contributed by atoms with Crippen molar-refractivity contribution in [1.29, 1.82) is 0 Å². The highest BCUT2D eigenvalue weighted by atomic mass is 19.3. The number of amides is 1. The minimum Gasteiger partial charge on any atom is -0.444 e. The van der Waals surface area contributed by atoms with Crippen LogP contribution in [0.5, 0.6) is 0 Å². The first kappa shape index (κ1) is 26.7. The lowest BCUT2D eigenvalue weighted by Gasteiger charge is -2.20. The highest BCUT2D eigenvalue weighted by Gasteiger charge is 2.24. The predicted molar refractivity (Wildman–Crippen MR) is 124 cm³/mol. The molecule has 1 aromatic carbocycles. The molecule has 8 nitrogen and oxygen atoms in total. The summed E-state index contributed by atoms with van der Waals surface area (Å²) in [6.07, 6.45) is 0.837. The quantitative estimate of drug-likeness (QED) is 0.594. The zero-order valence-electron chi connectivity index (χ0n) is 20.0. The van der Waals surface area contributed by atoms with Crippen molar-refractivity contribution in [1.82, 2.24) is 20.3 Å². The van der Waals surface area contributed by atoms with E-state index >= 15 is 4.39 Å². The maximum absolute atomic E-state index is 15.1. The molecule has 0 spiro atoms. The Morgan fingerprint density at radius 2 is 1.91 bits per heavy atom. The number of carbonyl (C=O) groups excluding carboxylic acids is 1. The van der Waals surface area contributed by atoms with Crippen LogP contribution in [0.3, 0.4) is 0 Å². The third kappa shape index (κ3) is 7.26. The summed E-state index contributed by atoms with van der Waals surface area (Å²) in [5, 5.41) is 5.23. The lowest BCUT2D eigenvalue weighted by molar-refractivity contribution is 0.0522. The summed E-state index contributed by atoms with van der Waals surface area (Å²) in [5.41, 5.74) is -1.90. The number of carbonyl (C=O) groups is 1. The van der Waals surface area contributed by atoms with Crippen LogP contribution in [0.4, 0.5) is 23.9 Å². The summed E-state index contributed by atoms with van der Waals surface area (Å²) in [6.45, 7) is 10.6. The Bertz CT molecular complexity index is 1070. The largest absolute Gasteiger partial charge is 0.444 e. The van der Waals surface area contributed by atoms with Gasteiger partial charge in [-0.25, -0.2) is 27.9 Å². The monoisotopic (exact) mass is 478 g/mol. The molecule has 0 radical (unpaired) electrons. The van der Waals surface area contributed by atoms with E-state index in [-0.39, 0.29) is 35.5 Å². The van der Waals surface area contributed by atoms with Crippen molar-refractivity contribution in [3.8, 4) is 11.4 Å². The number of aliphatic imine (C=N–C) groups is 1. The fourth-order valence-electron chi connectivity index (χ4n) is 2.89. The molecule has 1 aliphatic heterocycles. The molecule has 2 heterocycles. The Labute approximate surface area is 196 Å². The fourth-order valence-corrected chi connectivity index (χ4v) is 2.89. The fraction of sp³-hybridized carbons (Fsp3) is 0.435. The second-order valence-corrected chi connectivity index (χ2v) is 8.03. The summed E-state index contributed by atoms with van der Waals surface area (Å²) in [5.74, 6) is -0.676. The zero-order valence-corrected chi connectivity index (χ0v) is 20.0. The smallest absolute Gasteiger partial charge is 0.407 e. The normalized spacial score (nSPS) is 14.9. The molecule has 184 valence electrons. The van der Waals surface area contributed by atoms with Crippen molar-refractivity contribution in [2.45, 2.75) is 66.2 Å². The molecule has 1 unspecified atom stereocenters. The number of anilines is 1. The molecule has 2 N–H and O–H groups in total. The Morgan fingerprint density at radius 1 is 1.21 bits per heavy atom. The summed E-state index contributed by atoms with van der Waals surface area (Å²) in [6, 6.07) is 2.58. The number of hydrogen-bond donors (Lipinski definition) is 2. The number of halogens is 3. The predicted octanol–water partition coefficient (Wildman–Crippen LogP) is 5.43. The summed E-state index contributed by atoms with van der Waals surface area (Å²) >= 11 is 0. The Kier molecular flexibility index (Phi) is 9.11. The van der Waals surface area contributed by atoms with Gasteiger partial charge in [0.25, 0.3) is 6.43 Å². The summed E-state index contributed by atoms with van der Waals surface area (Å²) in [7, 11) is 0. The van der Waals surface area contributed by atoms with Gasteiger partial charge in [-0.05, 0) is 45.4 Å². The number of hydrogen-bond acceptors (Lipinski definition) is 7. The Morgan fingerprint density at radius 3 is 2.50 bits per heavy atom. The van der Waals surface area contributed by atoms with Crippen molar-refractivity contribution in [2.75, 3.05) is 5.32 Å². The van der Waals surface area contributed by atoms with Gasteiger partial charge in [-0.1, -0.05) is 26.0 Å². The number of alkyl carbamates (subject to hydrolysis) is 1. The topological polar surface area (TPSA) is 101 Å². The van der Waals surface area contributed by atoms with E-state index in [1.807, 2.05) is 26.8 Å². The van der Waals surface area contributed by atoms with E-state index in [9.17, 15) is 13.6 Å². The molecule has 1 aromatic heterocycles. The van der Waals surface area contributed by atoms with Gasteiger partial charge in [0.2, 0.25) is 5.95 Å². The van der Waals surface area contributed by atoms with Crippen LogP contribution >= 0.6 is 0 Å². The Balaban J connectivity index is 0.00000199. The number of ether oxygens (including phenoxy) is 1. The van der Waals surface area contributed by atoms with Gasteiger partial charge in [0.05, 0.1) is 17.2 Å². The number of alkyl halides is 2. The van der Waals surface area contributed by atoms with Crippen LogP contribution in [0.2, 0.25) is 0 Å². The maximum Gasteiger partial charge on any atom is 0.407 e. The van der Waals surface area contributed by atoms with Crippen molar-refractivity contribution < 1.29 is 22.7 Å². The van der Waals surface area contributed by atoms with Gasteiger partial charge in [0.1, 0.15) is 23.6 Å². The van der Waals surface area contributed by atoms with Crippen LogP contribution in [0.25, 0.3) is 11.4 Å². The van der Waals surface area contributed by atoms with Crippen molar-refractivity contribution >= 4 is 17.9 Å². The standard InChI is InChI=1S/C21H23F3N6O2.C2H6/c1-11-5-8-14(28-11)29-19-27-10-26-18(30-19)13-7-6-12(15(16(13)22)17(23)24)9-25-20(31)32-21(2,3)4;1-2/h5-8,10-11,17H,9H2,1-4H3,(H,25,31)(H,26,27,28,29,30);1-2H3. The minimum absolute atomic E-state index is 0.00619. The average Bonchev–Trinajstić information content (AvgIpc) is 3.16. The minimum atomic E-state index is -3.12. The summed E-state index contributed by atoms with van der Waals surface area (Å²) < 4.78 is 47.5. The third-order valence-corrected chi connectivity index (χ3v) is 4.24. The van der Waals surface area contributed by atoms with Gasteiger partial charge < -0.3 is 15.4 Å². The second kappa shape index (κ2) is 11.6. The van der Waals surface area contributed by atoms with Gasteiger partial charge in [0, 0.05) is 6.54 Å². The molecule has 0 saturated heterocycles. The van der Waals surface area contributed by atoms with Crippen molar-refractivity contribution in [3.05, 3.63) is 47.6 Å². The SMILES string of the molecule is CC.CC1C=CC(Nc2ncnc(-c3ccc(CNC(=O)OC(C)(C)C)c(C(F)F)c3F)n2)=N1. The van der Waals surface area contributed by atoms with Crippen LogP contribution < -0.4 is 10.6 Å². The summed E-state index contributed by atoms with van der Waals surface area (Å²) in [4.78, 5) is 28.1. The van der Waals surface area contributed by atoms with E-state index < -0.39 is 29.5 Å². The first-order valence-electron chi connectivity index (χ1n) is 10.8. The molecule has 2 aromatic rings. The number of benzene rings is 1. The van der Waals surface area contributed by atoms with Crippen LogP contribution in [0.15, 0.2) is 35.6 Å². The molecule has 1 amide bonds. The molecule has 34 heavy (non-hydrogen) atoms. The molecule has 1 atom stereocenters. The van der Waals surface area contributed by atoms with E-state index in [2.05, 4.69) is 30.6 Å². The van der Waals surface area contributed by atoms with Gasteiger partial charge in [-0.15, -0.1) is 0 Å². The Hall–Kier alpha value is -3.50. The highest BCUT2D eigenvalue weighted by Crippen LogP contribution is 2.32. The molecular formula is C23H29F3N6O2. The van der Waals surface area contributed by atoms with Gasteiger partial charge >= 0.3 is 6.09 Å². The maximum atomic E-state index is 15.1. The van der Waals surface area contributed by atoms with Crippen LogP contribution in [0.1, 0.15) is 59.1 Å². The van der Waals surface area contributed by atoms with E-state index in [0.29, 0.717) is 5.84 Å². The van der Waals surface area contributed by atoms with E-state index in [1.165, 1.54) is 12.1 Å². The number of nitrogens with zero attached hydrogens (tertiary/aromatic N) is 4. The number of aromatic nitrogens is 3. The number of amidine groups is 1. The van der Waals surface area contributed by atoms with Gasteiger partial charge in [0.15, 0.2) is 5.82 Å².